The molecule has 3 aromatic rings. The van der Waals surface area contributed by atoms with Crippen LogP contribution in [0.15, 0.2) is 9.26 Å². The topological polar surface area (TPSA) is 152 Å². The predicted molar refractivity (Wildman–Crippen MR) is 39.0 cm³/mol. The van der Waals surface area contributed by atoms with E-state index < -0.39 is 10.7 Å². The molecule has 0 aliphatic carbocycles. The third-order valence-electron chi connectivity index (χ3n) is 1.65. The second-order valence-electron chi connectivity index (χ2n) is 2.57. The summed E-state index contributed by atoms with van der Waals surface area (Å²) in [5.74, 6) is -0.862. The summed E-state index contributed by atoms with van der Waals surface area (Å²) in [5, 5.41) is 31.2. The molecule has 12 heteroatoms. The molecule has 3 aromatic heterocycles. The number of nitrogens with zero attached hydrogens (tertiary/aromatic N) is 8. The lowest BCUT2D eigenvalue weighted by Crippen LogP contribution is -2.39. The molecule has 0 radical (unpaired) electrons. The van der Waals surface area contributed by atoms with Crippen LogP contribution >= 0.6 is 0 Å². The van der Waals surface area contributed by atoms with Crippen LogP contribution in [0.4, 0.5) is 5.82 Å². The highest BCUT2D eigenvalue weighted by molar-refractivity contribution is 5.59. The third kappa shape index (κ3) is 1.03. The van der Waals surface area contributed by atoms with Gasteiger partial charge in [-0.2, -0.15) is 15.4 Å². The van der Waals surface area contributed by atoms with E-state index in [-0.39, 0.29) is 17.1 Å². The molecule has 0 amide bonds. The second kappa shape index (κ2) is 2.78. The summed E-state index contributed by atoms with van der Waals surface area (Å²) < 4.78 is 8.55. The van der Waals surface area contributed by atoms with Crippen molar-refractivity contribution in [1.29, 1.82) is 0 Å². The highest BCUT2D eigenvalue weighted by Crippen LogP contribution is 2.11. The Morgan fingerprint density at radius 2 is 2.06 bits per heavy atom. The Balaban J connectivity index is 2.19. The summed E-state index contributed by atoms with van der Waals surface area (Å²) in [6.07, 6.45) is 0. The number of rotatable bonds is 2. The zero-order chi connectivity index (χ0) is 11.1. The van der Waals surface area contributed by atoms with Crippen LogP contribution in [0.2, 0.25) is 0 Å². The molecule has 0 bridgehead atoms. The number of hydrogen-bond acceptors (Lipinski definition) is 9. The van der Waals surface area contributed by atoms with Crippen LogP contribution < -0.4 is 9.90 Å². The zero-order valence-electron chi connectivity index (χ0n) is 7.21. The van der Waals surface area contributed by atoms with Gasteiger partial charge >= 0.3 is 11.6 Å². The average molecular weight is 224 g/mol. The molecule has 16 heavy (non-hydrogen) atoms. The standard InChI is InChI=1S/C4N8O4/c13-12(14)4-3(9-16-10-4)11-5-1-2(6-11)8-15-7-1. The van der Waals surface area contributed by atoms with Gasteiger partial charge < -0.3 is 14.7 Å². The first-order valence-corrected chi connectivity index (χ1v) is 3.78. The minimum absolute atomic E-state index is 0.0947. The van der Waals surface area contributed by atoms with Crippen molar-refractivity contribution < 1.29 is 19.0 Å². The molecular formula is C4N8O4. The fraction of sp³-hybridized carbons (Fsp3) is 0. The van der Waals surface area contributed by atoms with Crippen molar-refractivity contribution in [2.24, 2.45) is 0 Å². The molecule has 0 aromatic carbocycles. The Morgan fingerprint density at radius 1 is 1.25 bits per heavy atom. The van der Waals surface area contributed by atoms with Gasteiger partial charge in [0.25, 0.3) is 0 Å². The monoisotopic (exact) mass is 224 g/mol. The molecule has 0 unspecified atom stereocenters. The Labute approximate surface area is 83.9 Å². The van der Waals surface area contributed by atoms with Gasteiger partial charge in [0.1, 0.15) is 5.65 Å². The van der Waals surface area contributed by atoms with Gasteiger partial charge in [0.2, 0.25) is 10.3 Å². The van der Waals surface area contributed by atoms with Crippen LogP contribution in [-0.4, -0.2) is 30.6 Å². The molecule has 3 rings (SSSR count). The molecule has 80 valence electrons. The first-order chi connectivity index (χ1) is 7.75. The van der Waals surface area contributed by atoms with E-state index in [2.05, 4.69) is 40.1 Å². The lowest BCUT2D eigenvalue weighted by Gasteiger charge is -1.86. The van der Waals surface area contributed by atoms with Gasteiger partial charge in [0.15, 0.2) is 5.65 Å². The maximum Gasteiger partial charge on any atom is 0.515 e. The SMILES string of the molecule is O=[N+]([O-])c1nonc1-[n+]1nc2nonc2[n-]1. The molecule has 0 aliphatic heterocycles. The van der Waals surface area contributed by atoms with Crippen LogP contribution in [0.3, 0.4) is 0 Å². The molecular weight excluding hydrogens is 224 g/mol. The first-order valence-electron chi connectivity index (χ1n) is 3.78. The molecule has 0 aliphatic rings. The number of aromatic nitrogens is 7. The van der Waals surface area contributed by atoms with Crippen molar-refractivity contribution in [1.82, 2.24) is 30.8 Å². The summed E-state index contributed by atoms with van der Waals surface area (Å²) in [7, 11) is 0. The van der Waals surface area contributed by atoms with Gasteiger partial charge in [-0.15, -0.1) is 4.80 Å². The van der Waals surface area contributed by atoms with E-state index in [1.165, 1.54) is 0 Å². The molecule has 0 spiro atoms. The molecule has 12 nitrogen and oxygen atoms in total. The molecule has 0 saturated carbocycles. The summed E-state index contributed by atoms with van der Waals surface area (Å²) in [6.45, 7) is 0. The third-order valence-corrected chi connectivity index (χ3v) is 1.65. The molecule has 0 saturated heterocycles. The fourth-order valence-electron chi connectivity index (χ4n) is 1.02. The Kier molecular flexibility index (Phi) is 1.46. The van der Waals surface area contributed by atoms with Crippen molar-refractivity contribution in [2.75, 3.05) is 0 Å². The van der Waals surface area contributed by atoms with Gasteiger partial charge in [0.05, 0.1) is 0 Å². The zero-order valence-corrected chi connectivity index (χ0v) is 7.21. The van der Waals surface area contributed by atoms with E-state index in [0.717, 1.165) is 4.80 Å². The largest absolute Gasteiger partial charge is 0.515 e. The average Bonchev–Trinajstić information content (AvgIpc) is 2.91. The van der Waals surface area contributed by atoms with Crippen LogP contribution in [-0.2, 0) is 0 Å². The van der Waals surface area contributed by atoms with Crippen LogP contribution in [0.25, 0.3) is 17.1 Å². The lowest BCUT2D eigenvalue weighted by molar-refractivity contribution is -0.722. The van der Waals surface area contributed by atoms with Crippen molar-refractivity contribution in [3.63, 3.8) is 0 Å². The van der Waals surface area contributed by atoms with Gasteiger partial charge in [-0.1, -0.05) is 5.16 Å². The van der Waals surface area contributed by atoms with Crippen LogP contribution in [0, 0.1) is 10.1 Å². The van der Waals surface area contributed by atoms with Gasteiger partial charge in [-0.25, -0.2) is 0 Å². The lowest BCUT2D eigenvalue weighted by atomic mass is 10.7. The van der Waals surface area contributed by atoms with E-state index in [0.29, 0.717) is 0 Å². The minimum Gasteiger partial charge on any atom is -0.357 e. The summed E-state index contributed by atoms with van der Waals surface area (Å²) >= 11 is 0. The molecule has 0 fully saturated rings. The quantitative estimate of drug-likeness (QED) is 0.275. The highest BCUT2D eigenvalue weighted by atomic mass is 16.6. The summed E-state index contributed by atoms with van der Waals surface area (Å²) in [4.78, 5) is 10.6. The van der Waals surface area contributed by atoms with Crippen LogP contribution in [0.5, 0.6) is 0 Å². The number of nitro groups is 1. The van der Waals surface area contributed by atoms with E-state index in [1.807, 2.05) is 0 Å². The normalized spacial score (nSPS) is 11.0. The van der Waals surface area contributed by atoms with Gasteiger partial charge in [-0.3, -0.25) is 0 Å². The van der Waals surface area contributed by atoms with E-state index >= 15 is 0 Å². The molecule has 3 heterocycles. The highest BCUT2D eigenvalue weighted by Gasteiger charge is 2.34. The van der Waals surface area contributed by atoms with Crippen molar-refractivity contribution in [3.05, 3.63) is 10.1 Å². The van der Waals surface area contributed by atoms with Crippen molar-refractivity contribution >= 4 is 17.1 Å². The van der Waals surface area contributed by atoms with E-state index in [1.54, 1.807) is 0 Å². The maximum atomic E-state index is 10.5. The summed E-state index contributed by atoms with van der Waals surface area (Å²) in [5.41, 5.74) is 0.189. The van der Waals surface area contributed by atoms with Crippen molar-refractivity contribution in [3.8, 4) is 5.82 Å². The second-order valence-corrected chi connectivity index (χ2v) is 2.57. The maximum absolute atomic E-state index is 10.5. The van der Waals surface area contributed by atoms with Gasteiger partial charge in [0, 0.05) is 0 Å². The summed E-state index contributed by atoms with van der Waals surface area (Å²) in [6, 6.07) is 0. The van der Waals surface area contributed by atoms with E-state index in [4.69, 9.17) is 0 Å². The smallest absolute Gasteiger partial charge is 0.357 e. The van der Waals surface area contributed by atoms with E-state index in [9.17, 15) is 10.1 Å². The van der Waals surface area contributed by atoms with Crippen LogP contribution in [0.1, 0.15) is 0 Å². The number of fused-ring (bicyclic) bond motifs is 1. The first kappa shape index (κ1) is 8.39. The van der Waals surface area contributed by atoms with Crippen molar-refractivity contribution in [2.45, 2.75) is 0 Å². The predicted octanol–water partition coefficient (Wildman–Crippen LogP) is -1.86. The Morgan fingerprint density at radius 3 is 2.81 bits per heavy atom. The minimum atomic E-state index is -0.773. The van der Waals surface area contributed by atoms with Gasteiger partial charge in [-0.05, 0) is 9.55 Å². The number of hydrogen-bond donors (Lipinski definition) is 0. The Bertz CT molecular complexity index is 636. The molecule has 0 atom stereocenters. The fourth-order valence-corrected chi connectivity index (χ4v) is 1.02. The molecule has 0 N–H and O–H groups in total. The Hall–Kier alpha value is -2.92.